The molecule has 0 aromatic heterocycles. The topological polar surface area (TPSA) is 86.7 Å². The fourth-order valence-electron chi connectivity index (χ4n) is 3.18. The molecule has 1 aliphatic rings. The van der Waals surface area contributed by atoms with Gasteiger partial charge in [-0.05, 0) is 43.9 Å². The lowest BCUT2D eigenvalue weighted by Crippen LogP contribution is -2.42. The molecular weight excluding hydrogens is 320 g/mol. The number of carbonyl (C=O) groups excluding carboxylic acids is 2. The van der Waals surface area contributed by atoms with E-state index in [0.29, 0.717) is 30.6 Å². The maximum absolute atomic E-state index is 12.7. The number of anilines is 1. The summed E-state index contributed by atoms with van der Waals surface area (Å²) in [5.41, 5.74) is 1.06. The van der Waals surface area contributed by atoms with Crippen molar-refractivity contribution >= 4 is 23.5 Å². The molecule has 0 unspecified atom stereocenters. The van der Waals surface area contributed by atoms with Gasteiger partial charge in [-0.2, -0.15) is 0 Å². The van der Waals surface area contributed by atoms with E-state index >= 15 is 0 Å². The number of likely N-dealkylation sites (tertiary alicyclic amines) is 1. The average Bonchev–Trinajstić information content (AvgIpc) is 2.62. The van der Waals surface area contributed by atoms with E-state index in [-0.39, 0.29) is 24.3 Å². The maximum Gasteiger partial charge on any atom is 0.308 e. The number of carboxylic acid groups (broad SMARTS) is 1. The van der Waals surface area contributed by atoms with Crippen LogP contribution < -0.4 is 5.32 Å². The molecule has 1 fully saturated rings. The molecule has 25 heavy (non-hydrogen) atoms. The van der Waals surface area contributed by atoms with Gasteiger partial charge in [0.25, 0.3) is 5.91 Å². The predicted molar refractivity (Wildman–Crippen MR) is 95.4 cm³/mol. The van der Waals surface area contributed by atoms with Crippen molar-refractivity contribution in [3.05, 3.63) is 29.8 Å². The number of carboxylic acids is 1. The number of benzene rings is 1. The Kier molecular flexibility index (Phi) is 6.56. The smallest absolute Gasteiger partial charge is 0.308 e. The summed E-state index contributed by atoms with van der Waals surface area (Å²) in [7, 11) is 0. The van der Waals surface area contributed by atoms with Crippen LogP contribution >= 0.6 is 0 Å². The molecule has 0 bridgehead atoms. The highest BCUT2D eigenvalue weighted by Gasteiger charge is 2.28. The molecule has 1 saturated heterocycles. The number of aliphatic carboxylic acids is 1. The molecule has 2 amide bonds. The van der Waals surface area contributed by atoms with Crippen LogP contribution in [-0.4, -0.2) is 40.9 Å². The van der Waals surface area contributed by atoms with Crippen LogP contribution in [0.15, 0.2) is 24.3 Å². The van der Waals surface area contributed by atoms with Gasteiger partial charge in [0.1, 0.15) is 0 Å². The molecule has 136 valence electrons. The second-order valence-electron chi connectivity index (χ2n) is 6.51. The molecule has 6 nitrogen and oxygen atoms in total. The number of nitrogens with zero attached hydrogens (tertiary/aromatic N) is 1. The molecule has 2 N–H and O–H groups in total. The Morgan fingerprint density at radius 1 is 1.28 bits per heavy atom. The summed E-state index contributed by atoms with van der Waals surface area (Å²) in [4.78, 5) is 37.6. The Labute approximate surface area is 148 Å². The summed E-state index contributed by atoms with van der Waals surface area (Å²) in [6.07, 6.45) is 2.83. The third-order valence-electron chi connectivity index (χ3n) is 4.79. The molecule has 0 spiro atoms. The lowest BCUT2D eigenvalue weighted by molar-refractivity contribution is -0.143. The van der Waals surface area contributed by atoms with E-state index in [9.17, 15) is 14.4 Å². The van der Waals surface area contributed by atoms with Crippen LogP contribution in [0.4, 0.5) is 5.69 Å². The highest BCUT2D eigenvalue weighted by atomic mass is 16.4. The number of carbonyl (C=O) groups is 3. The number of hydrogen-bond acceptors (Lipinski definition) is 3. The van der Waals surface area contributed by atoms with E-state index in [1.165, 1.54) is 0 Å². The minimum atomic E-state index is -0.858. The van der Waals surface area contributed by atoms with Crippen molar-refractivity contribution in [2.45, 2.75) is 39.5 Å². The monoisotopic (exact) mass is 346 g/mol. The number of nitrogens with one attached hydrogen (secondary N) is 1. The third-order valence-corrected chi connectivity index (χ3v) is 4.79. The SMILES string of the molecule is CCC(CC)C(=O)Nc1cccc(C(=O)N2CCC[C@@H](C(=O)O)C2)c1. The quantitative estimate of drug-likeness (QED) is 0.829. The van der Waals surface area contributed by atoms with Gasteiger partial charge in [0.15, 0.2) is 0 Å². The lowest BCUT2D eigenvalue weighted by Gasteiger charge is -2.30. The van der Waals surface area contributed by atoms with Crippen molar-refractivity contribution in [1.82, 2.24) is 4.90 Å². The lowest BCUT2D eigenvalue weighted by atomic mass is 9.97. The fourth-order valence-corrected chi connectivity index (χ4v) is 3.18. The first kappa shape index (κ1) is 19.0. The Balaban J connectivity index is 2.08. The summed E-state index contributed by atoms with van der Waals surface area (Å²) in [5, 5.41) is 12.0. The first-order valence-corrected chi connectivity index (χ1v) is 8.89. The van der Waals surface area contributed by atoms with E-state index in [0.717, 1.165) is 12.8 Å². The van der Waals surface area contributed by atoms with Crippen molar-refractivity contribution < 1.29 is 19.5 Å². The van der Waals surface area contributed by atoms with Gasteiger partial charge in [0.2, 0.25) is 5.91 Å². The number of hydrogen-bond donors (Lipinski definition) is 2. The van der Waals surface area contributed by atoms with Crippen molar-refractivity contribution in [3.8, 4) is 0 Å². The van der Waals surface area contributed by atoms with E-state index in [4.69, 9.17) is 5.11 Å². The van der Waals surface area contributed by atoms with E-state index in [1.807, 2.05) is 13.8 Å². The van der Waals surface area contributed by atoms with Gasteiger partial charge in [-0.25, -0.2) is 0 Å². The van der Waals surface area contributed by atoms with E-state index in [1.54, 1.807) is 29.2 Å². The van der Waals surface area contributed by atoms with Gasteiger partial charge in [-0.3, -0.25) is 14.4 Å². The molecule has 1 aromatic rings. The van der Waals surface area contributed by atoms with Crippen molar-refractivity contribution in [2.75, 3.05) is 18.4 Å². The number of amides is 2. The first-order valence-electron chi connectivity index (χ1n) is 8.89. The maximum atomic E-state index is 12.7. The first-order chi connectivity index (χ1) is 12.0. The normalized spacial score (nSPS) is 17.4. The molecule has 0 radical (unpaired) electrons. The molecule has 2 rings (SSSR count). The summed E-state index contributed by atoms with van der Waals surface area (Å²) >= 11 is 0. The van der Waals surface area contributed by atoms with Gasteiger partial charge in [-0.15, -0.1) is 0 Å². The minimum absolute atomic E-state index is 0.0430. The van der Waals surface area contributed by atoms with E-state index in [2.05, 4.69) is 5.32 Å². The molecular formula is C19H26N2O4. The molecule has 1 atom stereocenters. The second kappa shape index (κ2) is 8.65. The summed E-state index contributed by atoms with van der Waals surface area (Å²) in [5.74, 6) is -1.64. The molecule has 1 heterocycles. The van der Waals surface area contributed by atoms with Crippen molar-refractivity contribution in [2.24, 2.45) is 11.8 Å². The zero-order valence-corrected chi connectivity index (χ0v) is 14.8. The Morgan fingerprint density at radius 3 is 2.64 bits per heavy atom. The average molecular weight is 346 g/mol. The largest absolute Gasteiger partial charge is 0.481 e. The van der Waals surface area contributed by atoms with Crippen LogP contribution in [0.25, 0.3) is 0 Å². The zero-order valence-electron chi connectivity index (χ0n) is 14.8. The van der Waals surface area contributed by atoms with Crippen molar-refractivity contribution in [1.29, 1.82) is 0 Å². The second-order valence-corrected chi connectivity index (χ2v) is 6.51. The molecule has 1 aliphatic heterocycles. The minimum Gasteiger partial charge on any atom is -0.481 e. The van der Waals surface area contributed by atoms with Gasteiger partial charge >= 0.3 is 5.97 Å². The molecule has 6 heteroatoms. The zero-order chi connectivity index (χ0) is 18.4. The molecule has 1 aromatic carbocycles. The fraction of sp³-hybridized carbons (Fsp3) is 0.526. The highest BCUT2D eigenvalue weighted by Crippen LogP contribution is 2.21. The van der Waals surface area contributed by atoms with Gasteiger partial charge in [0.05, 0.1) is 5.92 Å². The van der Waals surface area contributed by atoms with Crippen LogP contribution in [-0.2, 0) is 9.59 Å². The molecule has 0 aliphatic carbocycles. The van der Waals surface area contributed by atoms with Crippen molar-refractivity contribution in [3.63, 3.8) is 0 Å². The standard InChI is InChI=1S/C19H26N2O4/c1-3-13(4-2)17(22)20-16-9-5-7-14(11-16)18(23)21-10-6-8-15(12-21)19(24)25/h5,7,9,11,13,15H,3-4,6,8,10,12H2,1-2H3,(H,20,22)(H,24,25)/t15-/m1/s1. The number of piperidine rings is 1. The van der Waals surface area contributed by atoms with Gasteiger partial charge in [-0.1, -0.05) is 19.9 Å². The van der Waals surface area contributed by atoms with Crippen LogP contribution in [0.1, 0.15) is 49.9 Å². The summed E-state index contributed by atoms with van der Waals surface area (Å²) in [6, 6.07) is 6.84. The van der Waals surface area contributed by atoms with Crippen LogP contribution in [0.2, 0.25) is 0 Å². The Bertz CT molecular complexity index is 640. The molecule has 0 saturated carbocycles. The van der Waals surface area contributed by atoms with Gasteiger partial charge in [0, 0.05) is 30.3 Å². The van der Waals surface area contributed by atoms with E-state index < -0.39 is 11.9 Å². The summed E-state index contributed by atoms with van der Waals surface area (Å²) < 4.78 is 0. The highest BCUT2D eigenvalue weighted by molar-refractivity contribution is 5.98. The number of rotatable bonds is 6. The third kappa shape index (κ3) is 4.81. The van der Waals surface area contributed by atoms with Gasteiger partial charge < -0.3 is 15.3 Å². The Morgan fingerprint density at radius 2 is 2.00 bits per heavy atom. The Hall–Kier alpha value is -2.37. The van der Waals surface area contributed by atoms with Crippen LogP contribution in [0, 0.1) is 11.8 Å². The summed E-state index contributed by atoms with van der Waals surface area (Å²) in [6.45, 7) is 4.75. The van der Waals surface area contributed by atoms with Crippen LogP contribution in [0.5, 0.6) is 0 Å². The predicted octanol–water partition coefficient (Wildman–Crippen LogP) is 3.00. The van der Waals surface area contributed by atoms with Crippen LogP contribution in [0.3, 0.4) is 0 Å².